The van der Waals surface area contributed by atoms with Gasteiger partial charge in [-0.1, -0.05) is 13.3 Å². The van der Waals surface area contributed by atoms with Gasteiger partial charge in [0.05, 0.1) is 21.5 Å². The lowest BCUT2D eigenvalue weighted by atomic mass is 9.95. The van der Waals surface area contributed by atoms with Crippen LogP contribution in [0.1, 0.15) is 57.8 Å². The van der Waals surface area contributed by atoms with Crippen LogP contribution in [0, 0.1) is 20.2 Å². The van der Waals surface area contributed by atoms with Gasteiger partial charge >= 0.3 is 5.97 Å². The van der Waals surface area contributed by atoms with Crippen molar-refractivity contribution in [3.8, 4) is 0 Å². The summed E-state index contributed by atoms with van der Waals surface area (Å²) < 4.78 is 5.35. The number of rotatable bonds is 7. The summed E-state index contributed by atoms with van der Waals surface area (Å²) in [6.07, 6.45) is 0.801. The molecule has 10 nitrogen and oxygen atoms in total. The summed E-state index contributed by atoms with van der Waals surface area (Å²) in [4.78, 5) is 45.4. The molecule has 0 aliphatic heterocycles. The predicted molar refractivity (Wildman–Crippen MR) is 96.4 cm³/mol. The van der Waals surface area contributed by atoms with Crippen molar-refractivity contribution >= 4 is 23.3 Å². The maximum absolute atomic E-state index is 12.6. The molecule has 1 rings (SSSR count). The number of non-ortho nitro benzene ring substituents is 2. The number of hydrogen-bond donors (Lipinski definition) is 1. The van der Waals surface area contributed by atoms with Crippen LogP contribution in [0.3, 0.4) is 0 Å². The molecule has 0 saturated carbocycles. The molecule has 0 bridgehead atoms. The Hall–Kier alpha value is -3.04. The van der Waals surface area contributed by atoms with E-state index in [4.69, 9.17) is 4.74 Å². The summed E-state index contributed by atoms with van der Waals surface area (Å²) in [5, 5.41) is 24.5. The third kappa shape index (κ3) is 6.01. The number of esters is 1. The quantitative estimate of drug-likeness (QED) is 0.434. The lowest BCUT2D eigenvalue weighted by molar-refractivity contribution is -0.394. The van der Waals surface area contributed by atoms with Gasteiger partial charge in [0.1, 0.15) is 11.1 Å². The van der Waals surface area contributed by atoms with Crippen molar-refractivity contribution in [2.75, 3.05) is 0 Å². The van der Waals surface area contributed by atoms with Gasteiger partial charge in [-0.2, -0.15) is 0 Å². The highest BCUT2D eigenvalue weighted by Crippen LogP contribution is 2.24. The molecule has 1 amide bonds. The zero-order valence-electron chi connectivity index (χ0n) is 15.9. The Morgan fingerprint density at radius 1 is 1.04 bits per heavy atom. The van der Waals surface area contributed by atoms with Gasteiger partial charge in [0.15, 0.2) is 0 Å². The molecule has 1 aromatic rings. The van der Waals surface area contributed by atoms with E-state index in [0.717, 1.165) is 18.2 Å². The van der Waals surface area contributed by atoms with Gasteiger partial charge in [-0.05, 0) is 34.1 Å². The average molecular weight is 381 g/mol. The lowest BCUT2D eigenvalue weighted by Crippen LogP contribution is -2.54. The number of nitrogens with zero attached hydrogens (tertiary/aromatic N) is 2. The zero-order chi connectivity index (χ0) is 21.0. The highest BCUT2D eigenvalue weighted by atomic mass is 16.6. The second-order valence-electron chi connectivity index (χ2n) is 7.29. The fraction of sp³-hybridized carbons (Fsp3) is 0.529. The summed E-state index contributed by atoms with van der Waals surface area (Å²) in [5.74, 6) is -1.51. The molecule has 10 heteroatoms. The molecule has 0 aliphatic rings. The summed E-state index contributed by atoms with van der Waals surface area (Å²) in [5.41, 5.74) is -3.64. The number of carbonyl (C=O) groups excluding carboxylic acids is 2. The van der Waals surface area contributed by atoms with Crippen LogP contribution < -0.4 is 5.32 Å². The second-order valence-corrected chi connectivity index (χ2v) is 7.29. The van der Waals surface area contributed by atoms with Crippen LogP contribution in [0.25, 0.3) is 0 Å². The van der Waals surface area contributed by atoms with E-state index < -0.39 is 44.2 Å². The first kappa shape index (κ1) is 22.0. The Kier molecular flexibility index (Phi) is 6.60. The van der Waals surface area contributed by atoms with Gasteiger partial charge in [0.2, 0.25) is 0 Å². The molecule has 1 atom stereocenters. The number of nitro groups is 2. The van der Waals surface area contributed by atoms with Crippen LogP contribution in [0.4, 0.5) is 11.4 Å². The maximum Gasteiger partial charge on any atom is 0.332 e. The topological polar surface area (TPSA) is 142 Å². The van der Waals surface area contributed by atoms with Gasteiger partial charge < -0.3 is 10.1 Å². The molecule has 27 heavy (non-hydrogen) atoms. The maximum atomic E-state index is 12.6. The molecule has 1 aromatic carbocycles. The van der Waals surface area contributed by atoms with Gasteiger partial charge in [0.25, 0.3) is 17.3 Å². The molecular weight excluding hydrogens is 358 g/mol. The van der Waals surface area contributed by atoms with Crippen molar-refractivity contribution in [3.63, 3.8) is 0 Å². The molecule has 0 heterocycles. The molecule has 0 unspecified atom stereocenters. The van der Waals surface area contributed by atoms with Crippen LogP contribution in [0.15, 0.2) is 18.2 Å². The monoisotopic (exact) mass is 381 g/mol. The smallest absolute Gasteiger partial charge is 0.332 e. The van der Waals surface area contributed by atoms with E-state index >= 15 is 0 Å². The van der Waals surface area contributed by atoms with Gasteiger partial charge in [-0.25, -0.2) is 4.79 Å². The minimum atomic E-state index is -1.39. The van der Waals surface area contributed by atoms with Crippen LogP contribution in [-0.2, 0) is 9.53 Å². The molecule has 0 aromatic heterocycles. The highest BCUT2D eigenvalue weighted by Gasteiger charge is 2.38. The summed E-state index contributed by atoms with van der Waals surface area (Å²) >= 11 is 0. The van der Waals surface area contributed by atoms with Crippen LogP contribution in [-0.4, -0.2) is 32.9 Å². The van der Waals surface area contributed by atoms with E-state index in [1.54, 1.807) is 20.8 Å². The molecule has 1 N–H and O–H groups in total. The van der Waals surface area contributed by atoms with E-state index in [0.29, 0.717) is 6.42 Å². The first-order valence-electron chi connectivity index (χ1n) is 8.29. The van der Waals surface area contributed by atoms with Gasteiger partial charge in [-0.3, -0.25) is 25.0 Å². The summed E-state index contributed by atoms with van der Waals surface area (Å²) in [6.45, 7) is 8.34. The van der Waals surface area contributed by atoms with E-state index in [9.17, 15) is 29.8 Å². The van der Waals surface area contributed by atoms with E-state index in [1.165, 1.54) is 6.92 Å². The van der Waals surface area contributed by atoms with Crippen molar-refractivity contribution in [1.29, 1.82) is 0 Å². The van der Waals surface area contributed by atoms with Crippen molar-refractivity contribution in [1.82, 2.24) is 5.32 Å². The number of nitro benzene ring substituents is 2. The predicted octanol–water partition coefficient (Wildman–Crippen LogP) is 3.13. The molecular formula is C17H23N3O7. The molecule has 0 spiro atoms. The third-order valence-electron chi connectivity index (χ3n) is 3.58. The number of hydrogen-bond acceptors (Lipinski definition) is 7. The van der Waals surface area contributed by atoms with Crippen LogP contribution in [0.5, 0.6) is 0 Å². The third-order valence-corrected chi connectivity index (χ3v) is 3.58. The number of ether oxygens (including phenoxy) is 1. The number of carbonyl (C=O) groups is 2. The summed E-state index contributed by atoms with van der Waals surface area (Å²) in [6, 6.07) is 2.60. The largest absolute Gasteiger partial charge is 0.458 e. The Labute approximate surface area is 156 Å². The molecule has 148 valence electrons. The SMILES string of the molecule is CCC[C@@](C)(NC(=O)c1cc([N+](=O)[O-])cc([N+](=O)[O-])c1)C(=O)OC(C)(C)C. The summed E-state index contributed by atoms with van der Waals surface area (Å²) in [7, 11) is 0. The van der Waals surface area contributed by atoms with Crippen molar-refractivity contribution in [2.24, 2.45) is 0 Å². The standard InChI is InChI=1S/C17H23N3O7/c1-6-7-17(5,15(22)27-16(2,3)4)18-14(21)11-8-12(19(23)24)10-13(9-11)20(25)26/h8-10H,6-7H2,1-5H3,(H,18,21)/t17-/m1/s1. The fourth-order valence-corrected chi connectivity index (χ4v) is 2.37. The minimum Gasteiger partial charge on any atom is -0.458 e. The second kappa shape index (κ2) is 8.11. The van der Waals surface area contributed by atoms with E-state index in [2.05, 4.69) is 5.32 Å². The first-order chi connectivity index (χ1) is 12.3. The highest BCUT2D eigenvalue weighted by molar-refractivity contribution is 5.99. The average Bonchev–Trinajstić information content (AvgIpc) is 2.52. The number of nitrogens with one attached hydrogen (secondary N) is 1. The number of benzene rings is 1. The van der Waals surface area contributed by atoms with Gasteiger partial charge in [0, 0.05) is 12.1 Å². The van der Waals surface area contributed by atoms with Gasteiger partial charge in [-0.15, -0.1) is 0 Å². The van der Waals surface area contributed by atoms with Crippen molar-refractivity contribution in [3.05, 3.63) is 44.0 Å². The van der Waals surface area contributed by atoms with E-state index in [-0.39, 0.29) is 12.0 Å². The minimum absolute atomic E-state index is 0.255. The molecule has 0 saturated heterocycles. The Bertz CT molecular complexity index is 738. The number of amides is 1. The lowest BCUT2D eigenvalue weighted by Gasteiger charge is -2.32. The Morgan fingerprint density at radius 2 is 1.52 bits per heavy atom. The first-order valence-corrected chi connectivity index (χ1v) is 8.29. The van der Waals surface area contributed by atoms with Crippen molar-refractivity contribution < 1.29 is 24.2 Å². The Morgan fingerprint density at radius 3 is 1.89 bits per heavy atom. The van der Waals surface area contributed by atoms with Crippen LogP contribution in [0.2, 0.25) is 0 Å². The van der Waals surface area contributed by atoms with E-state index in [1.807, 2.05) is 6.92 Å². The fourth-order valence-electron chi connectivity index (χ4n) is 2.37. The van der Waals surface area contributed by atoms with Crippen molar-refractivity contribution in [2.45, 2.75) is 58.6 Å². The molecule has 0 aliphatic carbocycles. The normalized spacial score (nSPS) is 13.4. The Balaban J connectivity index is 3.24. The van der Waals surface area contributed by atoms with Crippen LogP contribution >= 0.6 is 0 Å². The molecule has 0 radical (unpaired) electrons. The zero-order valence-corrected chi connectivity index (χ0v) is 15.9. The molecule has 0 fully saturated rings.